The summed E-state index contributed by atoms with van der Waals surface area (Å²) in [6, 6.07) is 48.6. The van der Waals surface area contributed by atoms with E-state index in [1.165, 1.54) is 15.9 Å². The van der Waals surface area contributed by atoms with Gasteiger partial charge in [0, 0.05) is 18.6 Å². The van der Waals surface area contributed by atoms with Gasteiger partial charge in [-0.2, -0.15) is 0 Å². The first-order valence-electron chi connectivity index (χ1n) is 13.6. The van der Waals surface area contributed by atoms with Crippen molar-refractivity contribution in [3.05, 3.63) is 163 Å². The van der Waals surface area contributed by atoms with Crippen molar-refractivity contribution in [1.82, 2.24) is 0 Å². The van der Waals surface area contributed by atoms with E-state index >= 15 is 0 Å². The van der Waals surface area contributed by atoms with Gasteiger partial charge < -0.3 is 10.6 Å². The lowest BCUT2D eigenvalue weighted by atomic mass is 10.2. The van der Waals surface area contributed by atoms with Crippen LogP contribution < -0.4 is 26.5 Å². The molecule has 4 nitrogen and oxygen atoms in total. The Labute approximate surface area is 241 Å². The van der Waals surface area contributed by atoms with Crippen molar-refractivity contribution in [2.75, 3.05) is 10.6 Å². The number of nitrogens with zero attached hydrogens (tertiary/aromatic N) is 2. The summed E-state index contributed by atoms with van der Waals surface area (Å²) in [5.41, 5.74) is 3.54. The van der Waals surface area contributed by atoms with Crippen molar-refractivity contribution in [2.24, 2.45) is 9.98 Å². The standard InChI is InChI=1S/C36H30N4P/c1-4-15-29(16-5-1)41(30-17-6-2-7-18-30,31-19-8-3-9-20-31)32-27-39-35-23-12-10-21-33(35)37-25-14-26-38-34-22-11-13-24-36(34)40-28-32/h1-28,37,40H/q+1/b25-14-,32-28+,38-26?,39-27?. The lowest BCUT2D eigenvalue weighted by molar-refractivity contribution is 1.47. The van der Waals surface area contributed by atoms with Crippen LogP contribution in [0.5, 0.6) is 0 Å². The molecule has 0 radical (unpaired) electrons. The summed E-state index contributed by atoms with van der Waals surface area (Å²) in [5, 5.41) is 11.8. The first kappa shape index (κ1) is 26.2. The molecule has 5 heteroatoms. The number of rotatable bonds is 4. The van der Waals surface area contributed by atoms with Crippen LogP contribution in [0, 0.1) is 0 Å². The van der Waals surface area contributed by atoms with Gasteiger partial charge in [0.15, 0.2) is 0 Å². The fourth-order valence-corrected chi connectivity index (χ4v) is 9.21. The molecule has 41 heavy (non-hydrogen) atoms. The Bertz CT molecular complexity index is 1630. The molecule has 2 N–H and O–H groups in total. The van der Waals surface area contributed by atoms with E-state index in [-0.39, 0.29) is 0 Å². The van der Waals surface area contributed by atoms with Gasteiger partial charge in [0.25, 0.3) is 0 Å². The topological polar surface area (TPSA) is 48.8 Å². The summed E-state index contributed by atoms with van der Waals surface area (Å²) in [6.07, 6.45) is 9.73. The minimum atomic E-state index is -2.40. The number of benzene rings is 5. The monoisotopic (exact) mass is 549 g/mol. The predicted molar refractivity (Wildman–Crippen MR) is 179 cm³/mol. The van der Waals surface area contributed by atoms with E-state index in [4.69, 9.17) is 9.98 Å². The van der Waals surface area contributed by atoms with Crippen LogP contribution in [-0.4, -0.2) is 12.4 Å². The first-order valence-corrected chi connectivity index (χ1v) is 15.4. The van der Waals surface area contributed by atoms with Crippen LogP contribution in [0.2, 0.25) is 0 Å². The molecule has 5 aromatic carbocycles. The van der Waals surface area contributed by atoms with Crippen molar-refractivity contribution in [3.8, 4) is 0 Å². The Morgan fingerprint density at radius 3 is 1.49 bits per heavy atom. The molecule has 0 aliphatic carbocycles. The Morgan fingerprint density at radius 2 is 0.927 bits per heavy atom. The number of nitrogens with one attached hydrogen (secondary N) is 2. The molecule has 198 valence electrons. The van der Waals surface area contributed by atoms with E-state index in [1.54, 1.807) is 6.21 Å². The van der Waals surface area contributed by atoms with Gasteiger partial charge in [0.1, 0.15) is 28.5 Å². The number of hydrogen-bond acceptors (Lipinski definition) is 4. The highest BCUT2D eigenvalue weighted by Gasteiger charge is 2.49. The molecule has 0 fully saturated rings. The summed E-state index contributed by atoms with van der Waals surface area (Å²) in [5.74, 6) is 0. The van der Waals surface area contributed by atoms with E-state index in [0.29, 0.717) is 0 Å². The third-order valence-electron chi connectivity index (χ3n) is 6.97. The molecule has 6 rings (SSSR count). The van der Waals surface area contributed by atoms with Crippen molar-refractivity contribution in [2.45, 2.75) is 0 Å². The van der Waals surface area contributed by atoms with Crippen LogP contribution >= 0.6 is 7.26 Å². The number of aliphatic imine (C=N–C) groups is 2. The molecule has 0 aromatic heterocycles. The van der Waals surface area contributed by atoms with E-state index in [0.717, 1.165) is 28.1 Å². The highest BCUT2D eigenvalue weighted by Crippen LogP contribution is 2.62. The number of fused-ring (bicyclic) bond motifs is 2. The van der Waals surface area contributed by atoms with Crippen LogP contribution in [0.4, 0.5) is 22.7 Å². The molecule has 0 saturated carbocycles. The molecule has 0 amide bonds. The largest absolute Gasteiger partial charge is 0.360 e. The van der Waals surface area contributed by atoms with Gasteiger partial charge in [-0.25, -0.2) is 0 Å². The molecular weight excluding hydrogens is 519 g/mol. The summed E-state index contributed by atoms with van der Waals surface area (Å²) in [7, 11) is -2.40. The number of allylic oxidation sites excluding steroid dienone is 2. The third-order valence-corrected chi connectivity index (χ3v) is 11.2. The lowest BCUT2D eigenvalue weighted by Gasteiger charge is -2.28. The predicted octanol–water partition coefficient (Wildman–Crippen LogP) is 7.98. The average molecular weight is 550 g/mol. The molecule has 0 spiro atoms. The van der Waals surface area contributed by atoms with Gasteiger partial charge in [-0.05, 0) is 66.7 Å². The van der Waals surface area contributed by atoms with Gasteiger partial charge >= 0.3 is 0 Å². The maximum absolute atomic E-state index is 5.12. The van der Waals surface area contributed by atoms with Gasteiger partial charge in [-0.15, -0.1) is 0 Å². The molecule has 0 bridgehead atoms. The smallest absolute Gasteiger partial charge is 0.147 e. The minimum absolute atomic E-state index is 0.852. The van der Waals surface area contributed by atoms with Crippen LogP contribution in [0.15, 0.2) is 173 Å². The summed E-state index contributed by atoms with van der Waals surface area (Å²) < 4.78 is 0. The third kappa shape index (κ3) is 5.51. The highest BCUT2D eigenvalue weighted by molar-refractivity contribution is 7.99. The van der Waals surface area contributed by atoms with E-state index in [9.17, 15) is 0 Å². The molecule has 1 aliphatic heterocycles. The van der Waals surface area contributed by atoms with E-state index < -0.39 is 7.26 Å². The Morgan fingerprint density at radius 1 is 0.463 bits per heavy atom. The maximum Gasteiger partial charge on any atom is 0.147 e. The van der Waals surface area contributed by atoms with Crippen molar-refractivity contribution < 1.29 is 0 Å². The van der Waals surface area contributed by atoms with Crippen LogP contribution in [0.3, 0.4) is 0 Å². The fraction of sp³-hybridized carbons (Fsp3) is 0. The first-order chi connectivity index (χ1) is 20.4. The molecule has 5 aromatic rings. The lowest BCUT2D eigenvalue weighted by Crippen LogP contribution is -2.33. The van der Waals surface area contributed by atoms with Gasteiger partial charge in [-0.3, -0.25) is 9.98 Å². The second kappa shape index (κ2) is 12.4. The normalized spacial score (nSPS) is 15.2. The van der Waals surface area contributed by atoms with Gasteiger partial charge in [0.2, 0.25) is 0 Å². The zero-order valence-corrected chi connectivity index (χ0v) is 23.4. The van der Waals surface area contributed by atoms with Crippen LogP contribution in [0.1, 0.15) is 0 Å². The average Bonchev–Trinajstić information content (AvgIpc) is 3.04. The molecular formula is C36H30N4P+. The SMILES string of the molecule is C1=Nc2ccccc2N/C=C\C=Nc2ccccc2N/C=C\1[P+](c1ccccc1)(c1ccccc1)c1ccccc1. The second-order valence-electron chi connectivity index (χ2n) is 9.47. The van der Waals surface area contributed by atoms with Gasteiger partial charge in [0.05, 0.1) is 29.0 Å². The minimum Gasteiger partial charge on any atom is -0.360 e. The van der Waals surface area contributed by atoms with Crippen molar-refractivity contribution >= 4 is 58.4 Å². The van der Waals surface area contributed by atoms with Crippen LogP contribution in [-0.2, 0) is 0 Å². The molecule has 1 heterocycles. The Kier molecular flexibility index (Phi) is 7.93. The molecule has 0 atom stereocenters. The van der Waals surface area contributed by atoms with Gasteiger partial charge in [-0.1, -0.05) is 78.9 Å². The number of para-hydroxylation sites is 4. The summed E-state index contributed by atoms with van der Waals surface area (Å²) >= 11 is 0. The van der Waals surface area contributed by atoms with E-state index in [2.05, 4.69) is 114 Å². The summed E-state index contributed by atoms with van der Waals surface area (Å²) in [6.45, 7) is 0. The fourth-order valence-electron chi connectivity index (χ4n) is 5.08. The Balaban J connectivity index is 1.66. The number of hydrogen-bond donors (Lipinski definition) is 2. The zero-order valence-electron chi connectivity index (χ0n) is 22.5. The quantitative estimate of drug-likeness (QED) is 0.223. The molecule has 0 saturated heterocycles. The maximum atomic E-state index is 5.12. The second-order valence-corrected chi connectivity index (χ2v) is 12.9. The Hall–Kier alpha value is -5.05. The zero-order chi connectivity index (χ0) is 27.7. The highest BCUT2D eigenvalue weighted by atomic mass is 31.2. The van der Waals surface area contributed by atoms with Crippen LogP contribution in [0.25, 0.3) is 0 Å². The van der Waals surface area contributed by atoms with E-state index in [1.807, 2.05) is 61.0 Å². The molecule has 0 unspecified atom stereocenters. The van der Waals surface area contributed by atoms with Crippen molar-refractivity contribution in [1.29, 1.82) is 0 Å². The molecule has 1 aliphatic rings. The summed E-state index contributed by atoms with van der Waals surface area (Å²) in [4.78, 5) is 9.84. The number of anilines is 2. The van der Waals surface area contributed by atoms with Crippen molar-refractivity contribution in [3.63, 3.8) is 0 Å².